The van der Waals surface area contributed by atoms with Crippen LogP contribution in [0.3, 0.4) is 0 Å². The minimum atomic E-state index is -4.50. The Hall–Kier alpha value is -5.00. The lowest BCUT2D eigenvalue weighted by Gasteiger charge is -2.29. The number of esters is 1. The molecule has 4 aromatic rings. The second kappa shape index (κ2) is 14.4. The third kappa shape index (κ3) is 7.79. The number of carbonyl (C=O) groups is 3. The van der Waals surface area contributed by atoms with E-state index >= 15 is 0 Å². The van der Waals surface area contributed by atoms with Gasteiger partial charge in [-0.1, -0.05) is 66.7 Å². The first-order chi connectivity index (χ1) is 21.9. The number of nitrogens with one attached hydrogen (secondary N) is 1. The first kappa shape index (κ1) is 33.9. The van der Waals surface area contributed by atoms with Crippen LogP contribution >= 0.6 is 0 Å². The molecule has 8 nitrogen and oxygen atoms in total. The second-order valence-electron chi connectivity index (χ2n) is 11.0. The van der Waals surface area contributed by atoms with E-state index in [9.17, 15) is 37.8 Å². The summed E-state index contributed by atoms with van der Waals surface area (Å²) in [6.07, 6.45) is -4.74. The van der Waals surface area contributed by atoms with Crippen molar-refractivity contribution in [1.29, 1.82) is 0 Å². The van der Waals surface area contributed by atoms with Crippen LogP contribution in [-0.4, -0.2) is 66.8 Å². The molecular weight excluding hydrogens is 601 g/mol. The van der Waals surface area contributed by atoms with E-state index < -0.39 is 48.2 Å². The van der Waals surface area contributed by atoms with E-state index in [0.717, 1.165) is 12.1 Å². The predicted molar refractivity (Wildman–Crippen MR) is 166 cm³/mol. The van der Waals surface area contributed by atoms with Gasteiger partial charge in [0.2, 0.25) is 0 Å². The number of alkyl halides is 3. The van der Waals surface area contributed by atoms with Crippen LogP contribution in [0.4, 0.5) is 18.9 Å². The summed E-state index contributed by atoms with van der Waals surface area (Å²) in [7, 11) is 3.06. The van der Waals surface area contributed by atoms with E-state index in [1.807, 2.05) is 0 Å². The summed E-state index contributed by atoms with van der Waals surface area (Å²) in [5.41, 5.74) is 0.226. The number of ether oxygens (including phenoxy) is 1. The number of hydrogen-bond donors (Lipinski definition) is 3. The predicted octanol–water partition coefficient (Wildman–Crippen LogP) is 5.33. The molecule has 0 bridgehead atoms. The fourth-order valence-corrected chi connectivity index (χ4v) is 4.82. The van der Waals surface area contributed by atoms with Gasteiger partial charge in [0.15, 0.2) is 0 Å². The van der Waals surface area contributed by atoms with Gasteiger partial charge in [-0.3, -0.25) is 14.4 Å². The second-order valence-corrected chi connectivity index (χ2v) is 11.0. The maximum atomic E-state index is 13.5. The van der Waals surface area contributed by atoms with Crippen molar-refractivity contribution in [3.8, 4) is 11.1 Å². The van der Waals surface area contributed by atoms with Crippen LogP contribution in [0.15, 0.2) is 97.1 Å². The maximum Gasteiger partial charge on any atom is 0.416 e. The number of nitrogens with zero attached hydrogens (tertiary/aromatic N) is 1. The molecule has 0 fully saturated rings. The molecule has 2 amide bonds. The lowest BCUT2D eigenvalue weighted by molar-refractivity contribution is -0.146. The minimum Gasteiger partial charge on any atom is -0.464 e. The first-order valence-electron chi connectivity index (χ1n) is 14.2. The van der Waals surface area contributed by atoms with E-state index in [1.165, 1.54) is 49.3 Å². The van der Waals surface area contributed by atoms with Crippen molar-refractivity contribution < 1.29 is 42.5 Å². The van der Waals surface area contributed by atoms with Gasteiger partial charge in [-0.05, 0) is 52.6 Å². The molecule has 0 aliphatic carbocycles. The summed E-state index contributed by atoms with van der Waals surface area (Å²) in [6.45, 7) is -1.20. The van der Waals surface area contributed by atoms with Crippen LogP contribution in [0.25, 0.3) is 11.1 Å². The maximum absolute atomic E-state index is 13.5. The zero-order valence-electron chi connectivity index (χ0n) is 25.2. The lowest BCUT2D eigenvalue weighted by Crippen LogP contribution is -2.40. The molecular formula is C35H33F3N2O6. The molecule has 0 heterocycles. The van der Waals surface area contributed by atoms with Gasteiger partial charge >= 0.3 is 12.1 Å². The van der Waals surface area contributed by atoms with Crippen molar-refractivity contribution in [1.82, 2.24) is 4.90 Å². The molecule has 0 aliphatic heterocycles. The van der Waals surface area contributed by atoms with Gasteiger partial charge < -0.3 is 25.2 Å². The highest BCUT2D eigenvalue weighted by atomic mass is 19.4. The van der Waals surface area contributed by atoms with E-state index in [2.05, 4.69) is 5.32 Å². The minimum absolute atomic E-state index is 0.0972. The van der Waals surface area contributed by atoms with E-state index in [4.69, 9.17) is 4.74 Å². The monoisotopic (exact) mass is 634 g/mol. The molecule has 240 valence electrons. The standard InChI is InChI=1S/C35H33F3N2O6/c1-40(2)33(45)29-18-23(19-31(43)46-22-34(20-41,21-42)25-8-4-3-5-9-25)12-17-30(29)39-32(44)28-11-7-6-10-27(28)24-13-15-26(16-14-24)35(36,37)38/h3-18,41-42H,19-22H2,1-2H3,(H,39,44). The molecule has 4 rings (SSSR count). The zero-order valence-corrected chi connectivity index (χ0v) is 25.2. The first-order valence-corrected chi connectivity index (χ1v) is 14.2. The van der Waals surface area contributed by atoms with Crippen LogP contribution in [0.2, 0.25) is 0 Å². The third-order valence-corrected chi connectivity index (χ3v) is 7.51. The molecule has 0 radical (unpaired) electrons. The quantitative estimate of drug-likeness (QED) is 0.192. The molecule has 0 saturated carbocycles. The summed E-state index contributed by atoms with van der Waals surface area (Å²) < 4.78 is 44.7. The highest BCUT2D eigenvalue weighted by molar-refractivity contribution is 6.11. The number of anilines is 1. The smallest absolute Gasteiger partial charge is 0.416 e. The zero-order chi connectivity index (χ0) is 33.5. The van der Waals surface area contributed by atoms with Gasteiger partial charge in [0, 0.05) is 19.7 Å². The van der Waals surface area contributed by atoms with Crippen LogP contribution in [0, 0.1) is 0 Å². The topological polar surface area (TPSA) is 116 Å². The number of amides is 2. The summed E-state index contributed by atoms with van der Waals surface area (Å²) in [5, 5.41) is 22.8. The molecule has 3 N–H and O–H groups in total. The summed E-state index contributed by atoms with van der Waals surface area (Å²) in [6, 6.07) is 24.1. The van der Waals surface area contributed by atoms with Crippen LogP contribution in [-0.2, 0) is 27.5 Å². The summed E-state index contributed by atoms with van der Waals surface area (Å²) in [4.78, 5) is 40.7. The number of halogens is 3. The molecule has 46 heavy (non-hydrogen) atoms. The molecule has 0 unspecified atom stereocenters. The number of aliphatic hydroxyl groups excluding tert-OH is 2. The molecule has 4 aromatic carbocycles. The Morgan fingerprint density at radius 3 is 2.02 bits per heavy atom. The average Bonchev–Trinajstić information content (AvgIpc) is 3.06. The number of aliphatic hydroxyl groups is 2. The number of carbonyl (C=O) groups excluding carboxylic acids is 3. The van der Waals surface area contributed by atoms with Crippen molar-refractivity contribution in [3.63, 3.8) is 0 Å². The van der Waals surface area contributed by atoms with E-state index in [0.29, 0.717) is 22.3 Å². The van der Waals surface area contributed by atoms with Crippen LogP contribution in [0.5, 0.6) is 0 Å². The van der Waals surface area contributed by atoms with Gasteiger partial charge in [0.25, 0.3) is 11.8 Å². The summed E-state index contributed by atoms with van der Waals surface area (Å²) >= 11 is 0. The fourth-order valence-electron chi connectivity index (χ4n) is 4.82. The Bertz CT molecular complexity index is 1690. The fraction of sp³-hybridized carbons (Fsp3) is 0.229. The Morgan fingerprint density at radius 1 is 0.783 bits per heavy atom. The highest BCUT2D eigenvalue weighted by Crippen LogP contribution is 2.32. The van der Waals surface area contributed by atoms with Crippen LogP contribution in [0.1, 0.15) is 37.4 Å². The lowest BCUT2D eigenvalue weighted by atomic mass is 9.83. The Labute approximate surface area is 264 Å². The normalized spacial score (nSPS) is 11.5. The van der Waals surface area contributed by atoms with Crippen molar-refractivity contribution in [2.24, 2.45) is 0 Å². The molecule has 0 spiro atoms. The summed E-state index contributed by atoms with van der Waals surface area (Å²) in [5.74, 6) is -1.71. The molecule has 0 aromatic heterocycles. The molecule has 11 heteroatoms. The van der Waals surface area contributed by atoms with Crippen molar-refractivity contribution in [2.45, 2.75) is 18.0 Å². The average molecular weight is 635 g/mol. The molecule has 0 saturated heterocycles. The SMILES string of the molecule is CN(C)C(=O)c1cc(CC(=O)OCC(CO)(CO)c2ccccc2)ccc1NC(=O)c1ccccc1-c1ccc(C(F)(F)F)cc1. The Balaban J connectivity index is 1.55. The van der Waals surface area contributed by atoms with Crippen molar-refractivity contribution in [2.75, 3.05) is 39.2 Å². The van der Waals surface area contributed by atoms with Gasteiger partial charge in [-0.15, -0.1) is 0 Å². The van der Waals surface area contributed by atoms with Crippen molar-refractivity contribution >= 4 is 23.5 Å². The van der Waals surface area contributed by atoms with E-state index in [-0.39, 0.29) is 29.8 Å². The number of rotatable bonds is 11. The highest BCUT2D eigenvalue weighted by Gasteiger charge is 2.33. The largest absolute Gasteiger partial charge is 0.464 e. The van der Waals surface area contributed by atoms with Gasteiger partial charge in [-0.2, -0.15) is 13.2 Å². The number of benzene rings is 4. The Morgan fingerprint density at radius 2 is 1.41 bits per heavy atom. The third-order valence-electron chi connectivity index (χ3n) is 7.51. The van der Waals surface area contributed by atoms with Gasteiger partial charge in [0.1, 0.15) is 6.61 Å². The van der Waals surface area contributed by atoms with Gasteiger partial charge in [-0.25, -0.2) is 0 Å². The molecule has 0 aliphatic rings. The van der Waals surface area contributed by atoms with Crippen LogP contribution < -0.4 is 5.32 Å². The van der Waals surface area contributed by atoms with Crippen molar-refractivity contribution in [3.05, 3.63) is 125 Å². The van der Waals surface area contributed by atoms with E-state index in [1.54, 1.807) is 54.6 Å². The Kier molecular flexibility index (Phi) is 10.6. The molecule has 0 atom stereocenters. The van der Waals surface area contributed by atoms with Gasteiger partial charge in [0.05, 0.1) is 41.9 Å². The number of hydrogen-bond acceptors (Lipinski definition) is 6.